The Labute approximate surface area is 139 Å². The van der Waals surface area contributed by atoms with Gasteiger partial charge in [0.15, 0.2) is 0 Å². The molecule has 0 spiro atoms. The second kappa shape index (κ2) is 5.24. The lowest BCUT2D eigenvalue weighted by molar-refractivity contribution is 0.636. The molecule has 2 aromatic carbocycles. The highest BCUT2D eigenvalue weighted by Gasteiger charge is 2.20. The summed E-state index contributed by atoms with van der Waals surface area (Å²) in [5.74, 6) is 1.67. The van der Waals surface area contributed by atoms with Gasteiger partial charge in [-0.3, -0.25) is 0 Å². The van der Waals surface area contributed by atoms with E-state index < -0.39 is 0 Å². The molecule has 3 aromatic rings. The van der Waals surface area contributed by atoms with Crippen LogP contribution < -0.4 is 0 Å². The van der Waals surface area contributed by atoms with Crippen LogP contribution in [-0.4, -0.2) is 9.55 Å². The normalized spacial score (nSPS) is 14.0. The molecule has 0 aliphatic carbocycles. The van der Waals surface area contributed by atoms with Crippen molar-refractivity contribution in [2.45, 2.75) is 39.2 Å². The molecule has 0 fully saturated rings. The van der Waals surface area contributed by atoms with Crippen molar-refractivity contribution >= 4 is 27.0 Å². The number of benzene rings is 2. The number of hydrogen-bond donors (Lipinski definition) is 0. The first-order chi connectivity index (χ1) is 10.6. The first-order valence-electron chi connectivity index (χ1n) is 7.93. The van der Waals surface area contributed by atoms with Gasteiger partial charge in [0, 0.05) is 16.6 Å². The van der Waals surface area contributed by atoms with Gasteiger partial charge in [-0.25, -0.2) is 4.98 Å². The van der Waals surface area contributed by atoms with Crippen molar-refractivity contribution < 1.29 is 0 Å². The minimum Gasteiger partial charge on any atom is -0.324 e. The van der Waals surface area contributed by atoms with Gasteiger partial charge in [-0.15, -0.1) is 0 Å². The Kier molecular flexibility index (Phi) is 3.33. The van der Waals surface area contributed by atoms with E-state index in [9.17, 15) is 0 Å². The fraction of sp³-hybridized carbons (Fsp3) is 0.316. The third-order valence-electron chi connectivity index (χ3n) is 4.60. The summed E-state index contributed by atoms with van der Waals surface area (Å²) in [5, 5.41) is 0. The van der Waals surface area contributed by atoms with Crippen LogP contribution in [0.1, 0.15) is 37.3 Å². The number of rotatable bonds is 2. The molecule has 0 saturated carbocycles. The molecule has 0 amide bonds. The van der Waals surface area contributed by atoms with Crippen molar-refractivity contribution in [3.05, 3.63) is 52.0 Å². The quantitative estimate of drug-likeness (QED) is 0.591. The predicted octanol–water partition coefficient (Wildman–Crippen LogP) is 5.54. The molecule has 3 heteroatoms. The molecule has 112 valence electrons. The average Bonchev–Trinajstić information content (AvgIpc) is 2.91. The van der Waals surface area contributed by atoms with E-state index in [0.717, 1.165) is 24.3 Å². The van der Waals surface area contributed by atoms with Crippen LogP contribution in [-0.2, 0) is 13.0 Å². The van der Waals surface area contributed by atoms with Crippen molar-refractivity contribution in [1.29, 1.82) is 0 Å². The molecule has 1 aliphatic rings. The van der Waals surface area contributed by atoms with E-state index in [1.165, 1.54) is 33.1 Å². The summed E-state index contributed by atoms with van der Waals surface area (Å²) in [7, 11) is 0. The fourth-order valence-corrected chi connectivity index (χ4v) is 3.90. The van der Waals surface area contributed by atoms with E-state index in [-0.39, 0.29) is 0 Å². The molecule has 0 saturated heterocycles. The average molecular weight is 355 g/mol. The molecule has 1 aliphatic heterocycles. The zero-order valence-corrected chi connectivity index (χ0v) is 14.5. The summed E-state index contributed by atoms with van der Waals surface area (Å²) in [5.41, 5.74) is 6.41. The van der Waals surface area contributed by atoms with Crippen molar-refractivity contribution in [3.8, 4) is 11.4 Å². The zero-order valence-electron chi connectivity index (χ0n) is 12.9. The highest BCUT2D eigenvalue weighted by molar-refractivity contribution is 9.10. The Morgan fingerprint density at radius 1 is 1.09 bits per heavy atom. The molecular formula is C19H19BrN2. The number of hydrogen-bond acceptors (Lipinski definition) is 1. The van der Waals surface area contributed by atoms with Crippen molar-refractivity contribution in [3.63, 3.8) is 0 Å². The Morgan fingerprint density at radius 2 is 1.86 bits per heavy atom. The van der Waals surface area contributed by atoms with Gasteiger partial charge >= 0.3 is 0 Å². The van der Waals surface area contributed by atoms with Crippen LogP contribution in [0.2, 0.25) is 0 Å². The Balaban J connectivity index is 1.91. The maximum atomic E-state index is 4.91. The third-order valence-corrected chi connectivity index (χ3v) is 5.34. The highest BCUT2D eigenvalue weighted by Crippen LogP contribution is 2.35. The molecule has 2 heterocycles. The summed E-state index contributed by atoms with van der Waals surface area (Å²) in [4.78, 5) is 4.91. The standard InChI is InChI=1S/C19H19BrN2/c1-12(2)13-5-7-14(8-6-13)19-21-17-10-9-16(20)15-4-3-11-22(19)18(15)17/h5-10,12H,3-4,11H2,1-2H3. The fourth-order valence-electron chi connectivity index (χ4n) is 3.38. The number of imidazole rings is 1. The van der Waals surface area contributed by atoms with E-state index in [2.05, 4.69) is 70.7 Å². The zero-order chi connectivity index (χ0) is 15.3. The van der Waals surface area contributed by atoms with Crippen LogP contribution in [0, 0.1) is 0 Å². The van der Waals surface area contributed by atoms with E-state index in [4.69, 9.17) is 4.98 Å². The third kappa shape index (κ3) is 2.11. The Morgan fingerprint density at radius 3 is 2.59 bits per heavy atom. The molecule has 4 rings (SSSR count). The lowest BCUT2D eigenvalue weighted by Gasteiger charge is -2.18. The van der Waals surface area contributed by atoms with Gasteiger partial charge in [-0.2, -0.15) is 0 Å². The van der Waals surface area contributed by atoms with Crippen LogP contribution in [0.15, 0.2) is 40.9 Å². The van der Waals surface area contributed by atoms with Gasteiger partial charge < -0.3 is 4.57 Å². The van der Waals surface area contributed by atoms with Gasteiger partial charge in [-0.05, 0) is 42.0 Å². The number of aryl methyl sites for hydroxylation is 2. The molecule has 0 bridgehead atoms. The maximum Gasteiger partial charge on any atom is 0.141 e. The van der Waals surface area contributed by atoms with Crippen LogP contribution in [0.25, 0.3) is 22.4 Å². The van der Waals surface area contributed by atoms with Crippen LogP contribution in [0.3, 0.4) is 0 Å². The molecule has 2 nitrogen and oxygen atoms in total. The number of nitrogens with zero attached hydrogens (tertiary/aromatic N) is 2. The molecule has 0 unspecified atom stereocenters. The molecule has 0 N–H and O–H groups in total. The lowest BCUT2D eigenvalue weighted by atomic mass is 10.0. The van der Waals surface area contributed by atoms with E-state index >= 15 is 0 Å². The van der Waals surface area contributed by atoms with E-state index in [1.54, 1.807) is 0 Å². The summed E-state index contributed by atoms with van der Waals surface area (Å²) >= 11 is 3.70. The van der Waals surface area contributed by atoms with E-state index in [1.807, 2.05) is 0 Å². The van der Waals surface area contributed by atoms with Crippen LogP contribution >= 0.6 is 15.9 Å². The first kappa shape index (κ1) is 14.0. The van der Waals surface area contributed by atoms with Crippen LogP contribution in [0.5, 0.6) is 0 Å². The minimum absolute atomic E-state index is 0.564. The summed E-state index contributed by atoms with van der Waals surface area (Å²) in [6.07, 6.45) is 2.31. The van der Waals surface area contributed by atoms with Crippen molar-refractivity contribution in [2.75, 3.05) is 0 Å². The molecule has 0 radical (unpaired) electrons. The molecule has 1 aromatic heterocycles. The molecule has 22 heavy (non-hydrogen) atoms. The number of aromatic nitrogens is 2. The van der Waals surface area contributed by atoms with Crippen LogP contribution in [0.4, 0.5) is 0 Å². The summed E-state index contributed by atoms with van der Waals surface area (Å²) in [6, 6.07) is 13.1. The second-order valence-corrected chi connectivity index (χ2v) is 7.22. The van der Waals surface area contributed by atoms with Gasteiger partial charge in [0.2, 0.25) is 0 Å². The minimum atomic E-state index is 0.564. The smallest absolute Gasteiger partial charge is 0.141 e. The Hall–Kier alpha value is -1.61. The van der Waals surface area contributed by atoms with Gasteiger partial charge in [0.05, 0.1) is 11.0 Å². The largest absolute Gasteiger partial charge is 0.324 e. The van der Waals surface area contributed by atoms with E-state index in [0.29, 0.717) is 5.92 Å². The highest BCUT2D eigenvalue weighted by atomic mass is 79.9. The molecule has 0 atom stereocenters. The first-order valence-corrected chi connectivity index (χ1v) is 8.72. The van der Waals surface area contributed by atoms with Gasteiger partial charge in [0.1, 0.15) is 5.82 Å². The lowest BCUT2D eigenvalue weighted by Crippen LogP contribution is -2.09. The van der Waals surface area contributed by atoms with Gasteiger partial charge in [0.25, 0.3) is 0 Å². The predicted molar refractivity (Wildman–Crippen MR) is 95.3 cm³/mol. The second-order valence-electron chi connectivity index (χ2n) is 6.36. The van der Waals surface area contributed by atoms with Crippen molar-refractivity contribution in [1.82, 2.24) is 9.55 Å². The monoisotopic (exact) mass is 354 g/mol. The van der Waals surface area contributed by atoms with Gasteiger partial charge in [-0.1, -0.05) is 54.0 Å². The summed E-state index contributed by atoms with van der Waals surface area (Å²) in [6.45, 7) is 5.51. The SMILES string of the molecule is CC(C)c1ccc(-c2nc3ccc(Br)c4c3n2CCC4)cc1. The molecular weight excluding hydrogens is 336 g/mol. The summed E-state index contributed by atoms with van der Waals surface area (Å²) < 4.78 is 3.60. The number of halogens is 1. The Bertz CT molecular complexity index is 844. The topological polar surface area (TPSA) is 17.8 Å². The maximum absolute atomic E-state index is 4.91. The van der Waals surface area contributed by atoms with Crippen molar-refractivity contribution in [2.24, 2.45) is 0 Å².